The van der Waals surface area contributed by atoms with Gasteiger partial charge in [0.15, 0.2) is 0 Å². The molecule has 2 aromatic rings. The van der Waals surface area contributed by atoms with Crippen LogP contribution in [0.15, 0.2) is 24.8 Å². The van der Waals surface area contributed by atoms with Gasteiger partial charge in [-0.3, -0.25) is 9.78 Å². The van der Waals surface area contributed by atoms with Crippen molar-refractivity contribution in [3.63, 3.8) is 0 Å². The Labute approximate surface area is 123 Å². The van der Waals surface area contributed by atoms with Gasteiger partial charge in [-0.15, -0.1) is 0 Å². The largest absolute Gasteiger partial charge is 0.338 e. The molecule has 21 heavy (non-hydrogen) atoms. The average molecular weight is 287 g/mol. The summed E-state index contributed by atoms with van der Waals surface area (Å²) in [6, 6.07) is 0.225. The number of aromatic nitrogens is 3. The van der Waals surface area contributed by atoms with Crippen molar-refractivity contribution in [2.75, 3.05) is 13.6 Å². The van der Waals surface area contributed by atoms with Gasteiger partial charge in [0.1, 0.15) is 0 Å². The third kappa shape index (κ3) is 2.51. The Balaban J connectivity index is 1.87. The molecular formula is C15H21N5O. The van der Waals surface area contributed by atoms with Crippen LogP contribution < -0.4 is 5.73 Å². The number of carbonyl (C=O) groups excluding carboxylic acids is 1. The molecule has 1 fully saturated rings. The molecule has 0 saturated heterocycles. The van der Waals surface area contributed by atoms with Gasteiger partial charge in [0.05, 0.1) is 23.5 Å². The fourth-order valence-corrected chi connectivity index (χ4v) is 3.31. The molecule has 0 aliphatic heterocycles. The maximum Gasteiger partial charge on any atom is 0.257 e. The Morgan fingerprint density at radius 2 is 2.24 bits per heavy atom. The molecule has 2 atom stereocenters. The lowest BCUT2D eigenvalue weighted by atomic mass is 9.83. The summed E-state index contributed by atoms with van der Waals surface area (Å²) in [5, 5.41) is 4.21. The molecule has 1 saturated carbocycles. The van der Waals surface area contributed by atoms with Gasteiger partial charge in [0.25, 0.3) is 5.91 Å². The normalized spacial score (nSPS) is 22.4. The molecule has 0 radical (unpaired) electrons. The summed E-state index contributed by atoms with van der Waals surface area (Å²) < 4.78 is 1.68. The molecule has 1 amide bonds. The first-order chi connectivity index (χ1) is 10.2. The van der Waals surface area contributed by atoms with Gasteiger partial charge in [0.2, 0.25) is 0 Å². The summed E-state index contributed by atoms with van der Waals surface area (Å²) in [5.41, 5.74) is 7.22. The van der Waals surface area contributed by atoms with E-state index < -0.39 is 0 Å². The van der Waals surface area contributed by atoms with E-state index in [1.54, 1.807) is 29.3 Å². The Kier molecular flexibility index (Phi) is 3.88. The molecule has 0 spiro atoms. The van der Waals surface area contributed by atoms with Gasteiger partial charge < -0.3 is 10.6 Å². The first-order valence-electron chi connectivity index (χ1n) is 7.47. The average Bonchev–Trinajstić information content (AvgIpc) is 2.97. The SMILES string of the molecule is CN(C(=O)c1cnn2ccncc12)C1CCCCC1CN. The third-order valence-electron chi connectivity index (χ3n) is 4.54. The van der Waals surface area contributed by atoms with Crippen LogP contribution in [0.5, 0.6) is 0 Å². The van der Waals surface area contributed by atoms with Crippen molar-refractivity contribution in [1.29, 1.82) is 0 Å². The van der Waals surface area contributed by atoms with Crippen molar-refractivity contribution < 1.29 is 4.79 Å². The van der Waals surface area contributed by atoms with Crippen LogP contribution in [0.4, 0.5) is 0 Å². The fraction of sp³-hybridized carbons (Fsp3) is 0.533. The van der Waals surface area contributed by atoms with E-state index in [0.717, 1.165) is 24.8 Å². The molecule has 0 bridgehead atoms. The molecule has 0 aromatic carbocycles. The second-order valence-corrected chi connectivity index (χ2v) is 5.73. The third-order valence-corrected chi connectivity index (χ3v) is 4.54. The van der Waals surface area contributed by atoms with Crippen molar-refractivity contribution in [3.05, 3.63) is 30.4 Å². The van der Waals surface area contributed by atoms with E-state index in [1.807, 2.05) is 11.9 Å². The van der Waals surface area contributed by atoms with Crippen LogP contribution in [0.1, 0.15) is 36.0 Å². The van der Waals surface area contributed by atoms with E-state index in [0.29, 0.717) is 18.0 Å². The van der Waals surface area contributed by atoms with Crippen molar-refractivity contribution in [2.24, 2.45) is 11.7 Å². The van der Waals surface area contributed by atoms with Gasteiger partial charge in [0, 0.05) is 25.5 Å². The zero-order valence-electron chi connectivity index (χ0n) is 12.3. The number of carbonyl (C=O) groups is 1. The van der Waals surface area contributed by atoms with E-state index >= 15 is 0 Å². The standard InChI is InChI=1S/C15H21N5O/c1-19(13-5-3-2-4-11(13)8-16)15(21)12-9-18-20-7-6-17-10-14(12)20/h6-7,9-11,13H,2-5,8,16H2,1H3. The zero-order chi connectivity index (χ0) is 14.8. The number of hydrogen-bond acceptors (Lipinski definition) is 4. The molecule has 2 unspecified atom stereocenters. The highest BCUT2D eigenvalue weighted by Gasteiger charge is 2.31. The summed E-state index contributed by atoms with van der Waals surface area (Å²) in [6.07, 6.45) is 11.2. The first kappa shape index (κ1) is 14.0. The Morgan fingerprint density at radius 1 is 1.43 bits per heavy atom. The molecule has 3 rings (SSSR count). The van der Waals surface area contributed by atoms with Crippen LogP contribution in [0.25, 0.3) is 5.52 Å². The Hall–Kier alpha value is -1.95. The number of nitrogens with zero attached hydrogens (tertiary/aromatic N) is 4. The van der Waals surface area contributed by atoms with E-state index in [4.69, 9.17) is 5.73 Å². The number of rotatable bonds is 3. The lowest BCUT2D eigenvalue weighted by Gasteiger charge is -2.37. The van der Waals surface area contributed by atoms with Gasteiger partial charge in [-0.25, -0.2) is 4.52 Å². The van der Waals surface area contributed by atoms with Gasteiger partial charge >= 0.3 is 0 Å². The molecule has 112 valence electrons. The topological polar surface area (TPSA) is 76.5 Å². The van der Waals surface area contributed by atoms with Crippen molar-refractivity contribution in [3.8, 4) is 0 Å². The molecule has 6 nitrogen and oxygen atoms in total. The fourth-order valence-electron chi connectivity index (χ4n) is 3.31. The highest BCUT2D eigenvalue weighted by molar-refractivity contribution is 6.00. The smallest absolute Gasteiger partial charge is 0.257 e. The quantitative estimate of drug-likeness (QED) is 0.923. The van der Waals surface area contributed by atoms with Crippen molar-refractivity contribution in [1.82, 2.24) is 19.5 Å². The number of amides is 1. The van der Waals surface area contributed by atoms with Crippen LogP contribution in [0.3, 0.4) is 0 Å². The summed E-state index contributed by atoms with van der Waals surface area (Å²) in [5.74, 6) is 0.399. The monoisotopic (exact) mass is 287 g/mol. The Morgan fingerprint density at radius 3 is 3.05 bits per heavy atom. The minimum atomic E-state index is 0.00310. The van der Waals surface area contributed by atoms with E-state index in [2.05, 4.69) is 10.1 Å². The molecule has 6 heteroatoms. The lowest BCUT2D eigenvalue weighted by molar-refractivity contribution is 0.0622. The molecule has 1 aliphatic carbocycles. The molecule has 2 N–H and O–H groups in total. The van der Waals surface area contributed by atoms with Crippen LogP contribution in [0.2, 0.25) is 0 Å². The van der Waals surface area contributed by atoms with E-state index in [9.17, 15) is 4.79 Å². The molecular weight excluding hydrogens is 266 g/mol. The van der Waals surface area contributed by atoms with E-state index in [-0.39, 0.29) is 11.9 Å². The predicted molar refractivity (Wildman–Crippen MR) is 79.9 cm³/mol. The first-order valence-corrected chi connectivity index (χ1v) is 7.47. The number of hydrogen-bond donors (Lipinski definition) is 1. The number of nitrogens with two attached hydrogens (primary N) is 1. The van der Waals surface area contributed by atoms with Crippen LogP contribution in [-0.2, 0) is 0 Å². The summed E-state index contributed by atoms with van der Waals surface area (Å²) in [6.45, 7) is 0.638. The highest BCUT2D eigenvalue weighted by atomic mass is 16.2. The maximum atomic E-state index is 12.8. The van der Waals surface area contributed by atoms with Crippen molar-refractivity contribution in [2.45, 2.75) is 31.7 Å². The Bertz CT molecular complexity index is 638. The second-order valence-electron chi connectivity index (χ2n) is 5.73. The minimum Gasteiger partial charge on any atom is -0.338 e. The molecule has 2 aromatic heterocycles. The van der Waals surface area contributed by atoms with Gasteiger partial charge in [-0.2, -0.15) is 5.10 Å². The van der Waals surface area contributed by atoms with Crippen LogP contribution >= 0.6 is 0 Å². The minimum absolute atomic E-state index is 0.00310. The maximum absolute atomic E-state index is 12.8. The van der Waals surface area contributed by atoms with E-state index in [1.165, 1.54) is 6.42 Å². The zero-order valence-corrected chi connectivity index (χ0v) is 12.3. The second kappa shape index (κ2) is 5.81. The summed E-state index contributed by atoms with van der Waals surface area (Å²) in [7, 11) is 1.88. The lowest BCUT2D eigenvalue weighted by Crippen LogP contribution is -2.45. The molecule has 2 heterocycles. The van der Waals surface area contributed by atoms with Gasteiger partial charge in [-0.05, 0) is 25.3 Å². The van der Waals surface area contributed by atoms with Crippen LogP contribution in [-0.4, -0.2) is 45.0 Å². The molecule has 1 aliphatic rings. The number of fused-ring (bicyclic) bond motifs is 1. The van der Waals surface area contributed by atoms with Crippen LogP contribution in [0, 0.1) is 5.92 Å². The van der Waals surface area contributed by atoms with Gasteiger partial charge in [-0.1, -0.05) is 12.8 Å². The highest BCUT2D eigenvalue weighted by Crippen LogP contribution is 2.28. The summed E-state index contributed by atoms with van der Waals surface area (Å²) in [4.78, 5) is 18.7. The van der Waals surface area contributed by atoms with Crippen molar-refractivity contribution >= 4 is 11.4 Å². The summed E-state index contributed by atoms with van der Waals surface area (Å²) >= 11 is 0. The predicted octanol–water partition coefficient (Wildman–Crippen LogP) is 1.32.